The van der Waals surface area contributed by atoms with Crippen LogP contribution in [0.3, 0.4) is 0 Å². The van der Waals surface area contributed by atoms with E-state index in [9.17, 15) is 0 Å². The van der Waals surface area contributed by atoms with Gasteiger partial charge >= 0.3 is 38.4 Å². The van der Waals surface area contributed by atoms with E-state index in [1.807, 2.05) is 0 Å². The molecule has 0 aromatic carbocycles. The summed E-state index contributed by atoms with van der Waals surface area (Å²) in [5, 5.41) is 0. The van der Waals surface area contributed by atoms with E-state index in [1.54, 1.807) is 21.3 Å². The number of hydrogen-bond acceptors (Lipinski definition) is 4. The van der Waals surface area contributed by atoms with Gasteiger partial charge in [0.1, 0.15) is 0 Å². The third-order valence-electron chi connectivity index (χ3n) is 1.57. The van der Waals surface area contributed by atoms with Crippen molar-refractivity contribution in [1.29, 1.82) is 0 Å². The number of thiol groups is 1. The molecular weight excluding hydrogens is 203 g/mol. The van der Waals surface area contributed by atoms with Crippen LogP contribution in [0.15, 0.2) is 0 Å². The van der Waals surface area contributed by atoms with Crippen molar-refractivity contribution >= 4 is 51.0 Å². The van der Waals surface area contributed by atoms with Crippen LogP contribution in [0.4, 0.5) is 0 Å². The molecule has 0 aliphatic rings. The standard InChI is InChI=1S/C6H16O3SSi.Na.H/c1-7-11(8-2,9-3)6-4-5-10;;/h10H,4-6H2,1-3H3;;. The summed E-state index contributed by atoms with van der Waals surface area (Å²) < 4.78 is 15.6. The molecule has 70 valence electrons. The van der Waals surface area contributed by atoms with Gasteiger partial charge in [0.25, 0.3) is 0 Å². The van der Waals surface area contributed by atoms with Crippen molar-refractivity contribution in [2.75, 3.05) is 27.1 Å². The Balaban J connectivity index is 0. The Morgan fingerprint density at radius 1 is 1.08 bits per heavy atom. The summed E-state index contributed by atoms with van der Waals surface area (Å²) in [5.74, 6) is 0.838. The Kier molecular flexibility index (Phi) is 12.0. The molecule has 6 heteroatoms. The monoisotopic (exact) mass is 220 g/mol. The summed E-state index contributed by atoms with van der Waals surface area (Å²) >= 11 is 4.10. The van der Waals surface area contributed by atoms with Crippen LogP contribution >= 0.6 is 12.6 Å². The molecule has 0 unspecified atom stereocenters. The van der Waals surface area contributed by atoms with Gasteiger partial charge in [-0.25, -0.2) is 0 Å². The van der Waals surface area contributed by atoms with E-state index < -0.39 is 8.80 Å². The van der Waals surface area contributed by atoms with Crippen LogP contribution in [-0.2, 0) is 13.3 Å². The van der Waals surface area contributed by atoms with Crippen molar-refractivity contribution in [3.8, 4) is 0 Å². The van der Waals surface area contributed by atoms with Crippen LogP contribution < -0.4 is 0 Å². The average molecular weight is 220 g/mol. The van der Waals surface area contributed by atoms with Crippen molar-refractivity contribution < 1.29 is 13.3 Å². The second-order valence-electron chi connectivity index (χ2n) is 2.12. The zero-order valence-corrected chi connectivity index (χ0v) is 9.19. The summed E-state index contributed by atoms with van der Waals surface area (Å²) in [6.45, 7) is 0. The Bertz CT molecular complexity index is 94.5. The van der Waals surface area contributed by atoms with E-state index in [2.05, 4.69) is 12.6 Å². The van der Waals surface area contributed by atoms with Gasteiger partial charge in [0.2, 0.25) is 0 Å². The van der Waals surface area contributed by atoms with Crippen LogP contribution in [-0.4, -0.2) is 65.4 Å². The van der Waals surface area contributed by atoms with Crippen molar-refractivity contribution in [1.82, 2.24) is 0 Å². The molecule has 0 aromatic heterocycles. The molecule has 0 aliphatic carbocycles. The van der Waals surface area contributed by atoms with Crippen molar-refractivity contribution in [2.24, 2.45) is 0 Å². The fraction of sp³-hybridized carbons (Fsp3) is 1.00. The first kappa shape index (κ1) is 15.9. The van der Waals surface area contributed by atoms with Crippen molar-refractivity contribution in [2.45, 2.75) is 12.5 Å². The van der Waals surface area contributed by atoms with Gasteiger partial charge in [0.05, 0.1) is 0 Å². The average Bonchev–Trinajstić information content (AvgIpc) is 2.08. The number of rotatable bonds is 6. The summed E-state index contributed by atoms with van der Waals surface area (Å²) in [5.41, 5.74) is 0. The molecule has 12 heavy (non-hydrogen) atoms. The van der Waals surface area contributed by atoms with Gasteiger partial charge in [0.15, 0.2) is 0 Å². The SMILES string of the molecule is CO[Si](CCCS)(OC)OC.[NaH]. The van der Waals surface area contributed by atoms with Gasteiger partial charge in [-0.3, -0.25) is 0 Å². The minimum absolute atomic E-state index is 0. The molecule has 0 N–H and O–H groups in total. The first-order valence-electron chi connectivity index (χ1n) is 3.51. The summed E-state index contributed by atoms with van der Waals surface area (Å²) in [6.07, 6.45) is 0.963. The molecule has 3 nitrogen and oxygen atoms in total. The summed E-state index contributed by atoms with van der Waals surface area (Å²) in [4.78, 5) is 0. The number of hydrogen-bond donors (Lipinski definition) is 1. The van der Waals surface area contributed by atoms with E-state index in [0.29, 0.717) is 0 Å². The van der Waals surface area contributed by atoms with Gasteiger partial charge in [-0.05, 0) is 12.2 Å². The molecule has 0 heterocycles. The van der Waals surface area contributed by atoms with Crippen molar-refractivity contribution in [3.05, 3.63) is 0 Å². The molecule has 0 saturated heterocycles. The molecule has 0 aromatic rings. The minimum atomic E-state index is -2.29. The van der Waals surface area contributed by atoms with E-state index in [4.69, 9.17) is 13.3 Å². The maximum atomic E-state index is 5.20. The van der Waals surface area contributed by atoms with E-state index in [-0.39, 0.29) is 29.6 Å². The van der Waals surface area contributed by atoms with Crippen LogP contribution in [0.1, 0.15) is 6.42 Å². The Hall–Kier alpha value is 1.45. The molecular formula is C6H17NaO3SSi. The van der Waals surface area contributed by atoms with Gasteiger partial charge in [-0.15, -0.1) is 0 Å². The van der Waals surface area contributed by atoms with Gasteiger partial charge < -0.3 is 13.3 Å². The Morgan fingerprint density at radius 3 is 1.75 bits per heavy atom. The third-order valence-corrected chi connectivity index (χ3v) is 4.72. The van der Waals surface area contributed by atoms with Crippen LogP contribution in [0.2, 0.25) is 6.04 Å². The second kappa shape index (κ2) is 9.02. The van der Waals surface area contributed by atoms with E-state index in [0.717, 1.165) is 18.2 Å². The second-order valence-corrected chi connectivity index (χ2v) is 5.66. The zero-order valence-electron chi connectivity index (χ0n) is 7.29. The quantitative estimate of drug-likeness (QED) is 0.523. The predicted octanol–water partition coefficient (Wildman–Crippen LogP) is 0.536. The maximum absolute atomic E-state index is 5.20. The van der Waals surface area contributed by atoms with E-state index >= 15 is 0 Å². The first-order valence-corrected chi connectivity index (χ1v) is 6.07. The molecule has 0 radical (unpaired) electrons. The van der Waals surface area contributed by atoms with Gasteiger partial charge in [-0.1, -0.05) is 0 Å². The summed E-state index contributed by atoms with van der Waals surface area (Å²) in [7, 11) is 2.58. The third kappa shape index (κ3) is 5.24. The van der Waals surface area contributed by atoms with Gasteiger partial charge in [0, 0.05) is 27.4 Å². The Labute approximate surface area is 103 Å². The fourth-order valence-electron chi connectivity index (χ4n) is 0.852. The van der Waals surface area contributed by atoms with Crippen LogP contribution in [0.5, 0.6) is 0 Å². The topological polar surface area (TPSA) is 27.7 Å². The van der Waals surface area contributed by atoms with Crippen molar-refractivity contribution in [3.63, 3.8) is 0 Å². The van der Waals surface area contributed by atoms with Crippen LogP contribution in [0, 0.1) is 0 Å². The molecule has 0 spiro atoms. The normalized spacial score (nSPS) is 11.0. The van der Waals surface area contributed by atoms with Crippen LogP contribution in [0.25, 0.3) is 0 Å². The summed E-state index contributed by atoms with van der Waals surface area (Å²) in [6, 6.07) is 0.833. The Morgan fingerprint density at radius 2 is 1.50 bits per heavy atom. The van der Waals surface area contributed by atoms with E-state index in [1.165, 1.54) is 0 Å². The predicted molar refractivity (Wildman–Crippen MR) is 57.2 cm³/mol. The molecule has 0 atom stereocenters. The molecule has 0 fully saturated rings. The first-order chi connectivity index (χ1) is 5.24. The molecule has 0 rings (SSSR count). The molecule has 0 amide bonds. The molecule has 0 saturated carbocycles. The zero-order chi connectivity index (χ0) is 8.74. The molecule has 0 aliphatic heterocycles. The van der Waals surface area contributed by atoms with Gasteiger partial charge in [-0.2, -0.15) is 12.6 Å². The fourth-order valence-corrected chi connectivity index (χ4v) is 3.03. The molecule has 0 bridgehead atoms.